The summed E-state index contributed by atoms with van der Waals surface area (Å²) in [7, 11) is 3.10. The zero-order chi connectivity index (χ0) is 29.6. The second-order valence-electron chi connectivity index (χ2n) is 9.34. The first-order chi connectivity index (χ1) is 19.6. The maximum Gasteiger partial charge on any atom is 0.416 e. The first-order valence-corrected chi connectivity index (χ1v) is 12.7. The van der Waals surface area contributed by atoms with Crippen LogP contribution in [0.15, 0.2) is 78.5 Å². The van der Waals surface area contributed by atoms with Crippen LogP contribution in [0.2, 0.25) is 0 Å². The average Bonchev–Trinajstić information content (AvgIpc) is 2.96. The van der Waals surface area contributed by atoms with Gasteiger partial charge in [0.2, 0.25) is 0 Å². The van der Waals surface area contributed by atoms with Gasteiger partial charge in [0.25, 0.3) is 11.8 Å². The molecule has 4 rings (SSSR count). The fourth-order valence-corrected chi connectivity index (χ4v) is 4.28. The summed E-state index contributed by atoms with van der Waals surface area (Å²) >= 11 is 0. The summed E-state index contributed by atoms with van der Waals surface area (Å²) in [4.78, 5) is 27.3. The molecule has 8 nitrogen and oxygen atoms in total. The third-order valence-corrected chi connectivity index (χ3v) is 6.48. The van der Waals surface area contributed by atoms with Gasteiger partial charge in [-0.25, -0.2) is 0 Å². The van der Waals surface area contributed by atoms with Crippen LogP contribution in [-0.2, 0) is 24.1 Å². The minimum Gasteiger partial charge on any atom is -0.493 e. The monoisotopic (exact) mass is 566 g/mol. The Labute approximate surface area is 235 Å². The van der Waals surface area contributed by atoms with E-state index in [1.165, 1.54) is 12.1 Å². The van der Waals surface area contributed by atoms with Crippen molar-refractivity contribution in [3.63, 3.8) is 0 Å². The van der Waals surface area contributed by atoms with E-state index >= 15 is 0 Å². The summed E-state index contributed by atoms with van der Waals surface area (Å²) in [5, 5.41) is 13.5. The SMILES string of the molecule is COc1ccc(CNC(=O)c2ccc(CN3C=C(C(=O)Nc4cccc(C(F)(F)F)c4)C(=N)CC3)cc2)cc1OC. The summed E-state index contributed by atoms with van der Waals surface area (Å²) in [5.41, 5.74) is 1.52. The lowest BCUT2D eigenvalue weighted by Gasteiger charge is -2.27. The Morgan fingerprint density at radius 2 is 1.63 bits per heavy atom. The molecule has 0 aromatic heterocycles. The van der Waals surface area contributed by atoms with Gasteiger partial charge in [0.1, 0.15) is 0 Å². The minimum atomic E-state index is -4.53. The van der Waals surface area contributed by atoms with Gasteiger partial charge in [0, 0.05) is 49.2 Å². The lowest BCUT2D eigenvalue weighted by molar-refractivity contribution is -0.137. The van der Waals surface area contributed by atoms with Crippen LogP contribution >= 0.6 is 0 Å². The summed E-state index contributed by atoms with van der Waals surface area (Å²) < 4.78 is 49.6. The molecule has 0 unspecified atom stereocenters. The van der Waals surface area contributed by atoms with Gasteiger partial charge in [-0.2, -0.15) is 13.2 Å². The van der Waals surface area contributed by atoms with Crippen molar-refractivity contribution >= 4 is 23.2 Å². The Hall–Kier alpha value is -4.80. The maximum absolute atomic E-state index is 13.0. The second kappa shape index (κ2) is 12.6. The number of hydrogen-bond acceptors (Lipinski definition) is 6. The standard InChI is InChI=1S/C30H29F3N4O4/c1-40-26-11-8-20(14-27(26)41-2)16-35-28(38)21-9-6-19(7-10-21)17-37-13-12-25(34)24(18-37)29(39)36-23-5-3-4-22(15-23)30(31,32)33/h3-11,14-15,18,34H,12-13,16-17H2,1-2H3,(H,35,38)(H,36,39). The van der Waals surface area contributed by atoms with Crippen molar-refractivity contribution in [2.75, 3.05) is 26.1 Å². The van der Waals surface area contributed by atoms with Crippen molar-refractivity contribution in [1.29, 1.82) is 5.41 Å². The number of alkyl halides is 3. The number of ether oxygens (including phenoxy) is 2. The highest BCUT2D eigenvalue weighted by atomic mass is 19.4. The molecule has 1 heterocycles. The van der Waals surface area contributed by atoms with Crippen molar-refractivity contribution < 1.29 is 32.2 Å². The highest BCUT2D eigenvalue weighted by Crippen LogP contribution is 2.31. The Morgan fingerprint density at radius 3 is 2.32 bits per heavy atom. The van der Waals surface area contributed by atoms with Gasteiger partial charge < -0.3 is 30.4 Å². The fourth-order valence-electron chi connectivity index (χ4n) is 4.28. The van der Waals surface area contributed by atoms with Crippen LogP contribution in [-0.4, -0.2) is 43.2 Å². The fraction of sp³-hybridized carbons (Fsp3) is 0.233. The molecule has 0 fully saturated rings. The van der Waals surface area contributed by atoms with Crippen molar-refractivity contribution in [3.05, 3.63) is 101 Å². The maximum atomic E-state index is 13.0. The lowest BCUT2D eigenvalue weighted by atomic mass is 10.0. The summed E-state index contributed by atoms with van der Waals surface area (Å²) in [6.45, 7) is 1.21. The molecule has 1 aliphatic rings. The Bertz CT molecular complexity index is 1470. The molecule has 0 saturated carbocycles. The van der Waals surface area contributed by atoms with Gasteiger partial charge >= 0.3 is 6.18 Å². The van der Waals surface area contributed by atoms with E-state index in [0.717, 1.165) is 23.3 Å². The molecular weight excluding hydrogens is 537 g/mol. The number of carbonyl (C=O) groups is 2. The van der Waals surface area contributed by atoms with Crippen LogP contribution < -0.4 is 20.1 Å². The number of benzene rings is 3. The molecule has 1 aliphatic heterocycles. The molecule has 3 N–H and O–H groups in total. The molecule has 214 valence electrons. The molecule has 0 atom stereocenters. The number of hydrogen-bond donors (Lipinski definition) is 3. The third-order valence-electron chi connectivity index (χ3n) is 6.48. The number of nitrogens with one attached hydrogen (secondary N) is 3. The van der Waals surface area contributed by atoms with E-state index in [4.69, 9.17) is 14.9 Å². The lowest BCUT2D eigenvalue weighted by Crippen LogP contribution is -2.32. The molecule has 0 spiro atoms. The van der Waals surface area contributed by atoms with E-state index in [1.54, 1.807) is 44.7 Å². The van der Waals surface area contributed by atoms with Gasteiger partial charge in [-0.3, -0.25) is 9.59 Å². The van der Waals surface area contributed by atoms with Gasteiger partial charge in [0.05, 0.1) is 25.4 Å². The van der Waals surface area contributed by atoms with Crippen LogP contribution in [0.3, 0.4) is 0 Å². The number of amides is 2. The molecule has 0 radical (unpaired) electrons. The van der Waals surface area contributed by atoms with Crippen LogP contribution in [0, 0.1) is 5.41 Å². The smallest absolute Gasteiger partial charge is 0.416 e. The van der Waals surface area contributed by atoms with Crippen LogP contribution in [0.1, 0.15) is 33.5 Å². The number of halogens is 3. The molecule has 11 heteroatoms. The number of anilines is 1. The normalized spacial score (nSPS) is 13.3. The predicted molar refractivity (Wildman–Crippen MR) is 148 cm³/mol. The molecule has 3 aromatic rings. The molecular formula is C30H29F3N4O4. The zero-order valence-corrected chi connectivity index (χ0v) is 22.5. The Balaban J connectivity index is 1.36. The minimum absolute atomic E-state index is 0.00404. The molecule has 41 heavy (non-hydrogen) atoms. The number of methoxy groups -OCH3 is 2. The second-order valence-corrected chi connectivity index (χ2v) is 9.34. The Kier molecular flexibility index (Phi) is 8.96. The molecule has 2 amide bonds. The van der Waals surface area contributed by atoms with Gasteiger partial charge in [-0.1, -0.05) is 24.3 Å². The molecule has 0 saturated heterocycles. The van der Waals surface area contributed by atoms with Crippen LogP contribution in [0.25, 0.3) is 0 Å². The van der Waals surface area contributed by atoms with Crippen LogP contribution in [0.5, 0.6) is 11.5 Å². The average molecular weight is 567 g/mol. The molecule has 0 aliphatic carbocycles. The van der Waals surface area contributed by atoms with Crippen LogP contribution in [0.4, 0.5) is 18.9 Å². The van der Waals surface area contributed by atoms with Crippen molar-refractivity contribution in [1.82, 2.24) is 10.2 Å². The van der Waals surface area contributed by atoms with Gasteiger partial charge in [0.15, 0.2) is 11.5 Å². The topological polar surface area (TPSA) is 104 Å². The van der Waals surface area contributed by atoms with E-state index in [0.29, 0.717) is 43.1 Å². The number of rotatable bonds is 9. The largest absolute Gasteiger partial charge is 0.493 e. The summed E-state index contributed by atoms with van der Waals surface area (Å²) in [5.74, 6) is 0.274. The highest BCUT2D eigenvalue weighted by Gasteiger charge is 2.31. The predicted octanol–water partition coefficient (Wildman–Crippen LogP) is 5.40. The van der Waals surface area contributed by atoms with E-state index in [1.807, 2.05) is 23.1 Å². The number of nitrogens with zero attached hydrogens (tertiary/aromatic N) is 1. The summed E-state index contributed by atoms with van der Waals surface area (Å²) in [6.07, 6.45) is -2.69. The number of carbonyl (C=O) groups excluding carboxylic acids is 2. The first kappa shape index (κ1) is 29.2. The van der Waals surface area contributed by atoms with Crippen molar-refractivity contribution in [2.45, 2.75) is 25.7 Å². The first-order valence-electron chi connectivity index (χ1n) is 12.7. The van der Waals surface area contributed by atoms with Gasteiger partial charge in [-0.15, -0.1) is 0 Å². The molecule has 0 bridgehead atoms. The molecule has 3 aromatic carbocycles. The van der Waals surface area contributed by atoms with Crippen molar-refractivity contribution in [2.24, 2.45) is 0 Å². The Morgan fingerprint density at radius 1 is 0.927 bits per heavy atom. The zero-order valence-electron chi connectivity index (χ0n) is 22.5. The van der Waals surface area contributed by atoms with E-state index in [-0.39, 0.29) is 22.9 Å². The highest BCUT2D eigenvalue weighted by molar-refractivity contribution is 6.24. The van der Waals surface area contributed by atoms with E-state index in [9.17, 15) is 22.8 Å². The van der Waals surface area contributed by atoms with Gasteiger partial charge in [-0.05, 0) is 53.6 Å². The van der Waals surface area contributed by atoms with Crippen molar-refractivity contribution in [3.8, 4) is 11.5 Å². The summed E-state index contributed by atoms with van der Waals surface area (Å²) in [6, 6.07) is 16.8. The van der Waals surface area contributed by atoms with E-state index < -0.39 is 17.6 Å². The third kappa shape index (κ3) is 7.44. The quantitative estimate of drug-likeness (QED) is 0.322. The van der Waals surface area contributed by atoms with E-state index in [2.05, 4.69) is 10.6 Å².